The molecule has 3 heterocycles. The van der Waals surface area contributed by atoms with Gasteiger partial charge in [-0.25, -0.2) is 9.78 Å². The van der Waals surface area contributed by atoms with Gasteiger partial charge < -0.3 is 19.9 Å². The van der Waals surface area contributed by atoms with E-state index in [2.05, 4.69) is 15.4 Å². The van der Waals surface area contributed by atoms with Crippen molar-refractivity contribution in [3.05, 3.63) is 36.8 Å². The van der Waals surface area contributed by atoms with Gasteiger partial charge in [0.05, 0.1) is 13.1 Å². The van der Waals surface area contributed by atoms with Gasteiger partial charge in [-0.2, -0.15) is 5.10 Å². The maximum atomic E-state index is 12.3. The van der Waals surface area contributed by atoms with Crippen LogP contribution in [0.3, 0.4) is 0 Å². The number of nitrogens with one attached hydrogen (secondary N) is 1. The third kappa shape index (κ3) is 4.40. The van der Waals surface area contributed by atoms with E-state index in [0.717, 1.165) is 18.0 Å². The number of aromatic nitrogens is 3. The van der Waals surface area contributed by atoms with Crippen LogP contribution in [0.4, 0.5) is 10.6 Å². The van der Waals surface area contributed by atoms with Crippen molar-refractivity contribution in [3.63, 3.8) is 0 Å². The van der Waals surface area contributed by atoms with Crippen LogP contribution in [0.5, 0.6) is 5.75 Å². The number of pyridine rings is 1. The highest BCUT2D eigenvalue weighted by Crippen LogP contribution is 2.26. The number of anilines is 1. The molecule has 0 radical (unpaired) electrons. The van der Waals surface area contributed by atoms with E-state index in [1.54, 1.807) is 22.0 Å². The normalized spacial score (nSPS) is 16.7. The number of likely N-dealkylation sites (tertiary alicyclic amines) is 1. The second-order valence-electron chi connectivity index (χ2n) is 6.20. The first-order valence-corrected chi connectivity index (χ1v) is 8.42. The molecule has 2 amide bonds. The van der Waals surface area contributed by atoms with E-state index in [9.17, 15) is 4.79 Å². The summed E-state index contributed by atoms with van der Waals surface area (Å²) in [7, 11) is 3.87. The van der Waals surface area contributed by atoms with Crippen LogP contribution in [-0.2, 0) is 6.54 Å². The molecule has 0 bridgehead atoms. The highest BCUT2D eigenvalue weighted by atomic mass is 16.5. The van der Waals surface area contributed by atoms with Crippen LogP contribution in [0.1, 0.15) is 6.42 Å². The minimum Gasteiger partial charge on any atom is -0.485 e. The average molecular weight is 344 g/mol. The number of rotatable bonds is 6. The first kappa shape index (κ1) is 17.1. The van der Waals surface area contributed by atoms with E-state index in [1.807, 2.05) is 43.4 Å². The Bertz CT molecular complexity index is 688. The molecule has 2 aromatic heterocycles. The Labute approximate surface area is 147 Å². The van der Waals surface area contributed by atoms with E-state index in [0.29, 0.717) is 26.2 Å². The van der Waals surface area contributed by atoms with Crippen molar-refractivity contribution in [2.75, 3.05) is 38.6 Å². The molecule has 8 heteroatoms. The van der Waals surface area contributed by atoms with Gasteiger partial charge in [0.2, 0.25) is 0 Å². The number of ether oxygens (including phenoxy) is 1. The third-order valence-corrected chi connectivity index (χ3v) is 4.08. The van der Waals surface area contributed by atoms with E-state index < -0.39 is 0 Å². The largest absolute Gasteiger partial charge is 0.485 e. The summed E-state index contributed by atoms with van der Waals surface area (Å²) in [4.78, 5) is 20.3. The van der Waals surface area contributed by atoms with Crippen molar-refractivity contribution in [3.8, 4) is 5.75 Å². The van der Waals surface area contributed by atoms with Crippen molar-refractivity contribution in [1.29, 1.82) is 0 Å². The summed E-state index contributed by atoms with van der Waals surface area (Å²) in [5, 5.41) is 7.04. The van der Waals surface area contributed by atoms with E-state index in [1.165, 1.54) is 0 Å². The molecule has 25 heavy (non-hydrogen) atoms. The van der Waals surface area contributed by atoms with Gasteiger partial charge in [-0.3, -0.25) is 4.68 Å². The van der Waals surface area contributed by atoms with Crippen LogP contribution in [0.15, 0.2) is 36.8 Å². The van der Waals surface area contributed by atoms with Crippen molar-refractivity contribution in [2.24, 2.45) is 0 Å². The number of carbonyl (C=O) groups is 1. The van der Waals surface area contributed by atoms with Crippen molar-refractivity contribution >= 4 is 11.8 Å². The van der Waals surface area contributed by atoms with Gasteiger partial charge in [-0.1, -0.05) is 0 Å². The first-order valence-electron chi connectivity index (χ1n) is 8.42. The van der Waals surface area contributed by atoms with E-state index in [4.69, 9.17) is 4.74 Å². The van der Waals surface area contributed by atoms with Crippen molar-refractivity contribution in [2.45, 2.75) is 19.1 Å². The van der Waals surface area contributed by atoms with Gasteiger partial charge in [0, 0.05) is 52.2 Å². The van der Waals surface area contributed by atoms with Crippen LogP contribution in [-0.4, -0.2) is 65.5 Å². The molecular formula is C17H24N6O2. The van der Waals surface area contributed by atoms with Gasteiger partial charge in [0.1, 0.15) is 6.10 Å². The lowest BCUT2D eigenvalue weighted by Crippen LogP contribution is -2.40. The molecule has 0 aliphatic carbocycles. The molecule has 0 saturated carbocycles. The van der Waals surface area contributed by atoms with Crippen LogP contribution in [0.25, 0.3) is 0 Å². The Kier molecular flexibility index (Phi) is 5.37. The minimum absolute atomic E-state index is 0.0141. The standard InChI is InChI=1S/C17H24N6O2/c1-21(2)16-15(5-3-7-18-16)25-14-6-11-22(13-14)17(24)19-9-12-23-10-4-8-20-23/h3-5,7-8,10,14H,6,9,11-13H2,1-2H3,(H,19,24)/t14-/m0/s1. The minimum atomic E-state index is -0.0581. The van der Waals surface area contributed by atoms with Gasteiger partial charge in [-0.05, 0) is 18.2 Å². The molecule has 1 saturated heterocycles. The quantitative estimate of drug-likeness (QED) is 0.852. The molecule has 1 N–H and O–H groups in total. The molecular weight excluding hydrogens is 320 g/mol. The Morgan fingerprint density at radius 3 is 3.04 bits per heavy atom. The Balaban J connectivity index is 1.47. The lowest BCUT2D eigenvalue weighted by Gasteiger charge is -2.20. The lowest BCUT2D eigenvalue weighted by molar-refractivity contribution is 0.186. The second kappa shape index (κ2) is 7.87. The second-order valence-corrected chi connectivity index (χ2v) is 6.20. The summed E-state index contributed by atoms with van der Waals surface area (Å²) < 4.78 is 7.86. The summed E-state index contributed by atoms with van der Waals surface area (Å²) in [6.45, 7) is 2.48. The molecule has 3 rings (SSSR count). The van der Waals surface area contributed by atoms with Crippen LogP contribution in [0.2, 0.25) is 0 Å². The summed E-state index contributed by atoms with van der Waals surface area (Å²) in [6, 6.07) is 5.58. The summed E-state index contributed by atoms with van der Waals surface area (Å²) in [5.41, 5.74) is 0. The monoisotopic (exact) mass is 344 g/mol. The molecule has 1 fully saturated rings. The van der Waals surface area contributed by atoms with Crippen LogP contribution < -0.4 is 15.0 Å². The number of hydrogen-bond acceptors (Lipinski definition) is 5. The van der Waals surface area contributed by atoms with Crippen LogP contribution >= 0.6 is 0 Å². The fourth-order valence-corrected chi connectivity index (χ4v) is 2.82. The van der Waals surface area contributed by atoms with Gasteiger partial charge in [0.15, 0.2) is 11.6 Å². The Morgan fingerprint density at radius 2 is 2.28 bits per heavy atom. The molecule has 2 aromatic rings. The summed E-state index contributed by atoms with van der Waals surface area (Å²) in [5.74, 6) is 1.54. The average Bonchev–Trinajstić information content (AvgIpc) is 3.27. The van der Waals surface area contributed by atoms with Gasteiger partial charge in [-0.15, -0.1) is 0 Å². The number of carbonyl (C=O) groups excluding carboxylic acids is 1. The zero-order valence-electron chi connectivity index (χ0n) is 14.6. The molecule has 8 nitrogen and oxygen atoms in total. The highest BCUT2D eigenvalue weighted by molar-refractivity contribution is 5.74. The fraction of sp³-hybridized carbons (Fsp3) is 0.471. The third-order valence-electron chi connectivity index (χ3n) is 4.08. The van der Waals surface area contributed by atoms with Gasteiger partial charge in [0.25, 0.3) is 0 Å². The maximum Gasteiger partial charge on any atom is 0.317 e. The number of urea groups is 1. The molecule has 134 valence electrons. The molecule has 0 spiro atoms. The zero-order valence-corrected chi connectivity index (χ0v) is 14.6. The zero-order chi connectivity index (χ0) is 17.6. The predicted octanol–water partition coefficient (Wildman–Crippen LogP) is 1.21. The van der Waals surface area contributed by atoms with Crippen molar-refractivity contribution in [1.82, 2.24) is 25.0 Å². The van der Waals surface area contributed by atoms with Crippen LogP contribution in [0, 0.1) is 0 Å². The van der Waals surface area contributed by atoms with Crippen molar-refractivity contribution < 1.29 is 9.53 Å². The molecule has 1 atom stereocenters. The molecule has 1 aliphatic rings. The molecule has 1 aliphatic heterocycles. The highest BCUT2D eigenvalue weighted by Gasteiger charge is 2.28. The number of amides is 2. The van der Waals surface area contributed by atoms with E-state index >= 15 is 0 Å². The Hall–Kier alpha value is -2.77. The summed E-state index contributed by atoms with van der Waals surface area (Å²) >= 11 is 0. The predicted molar refractivity (Wildman–Crippen MR) is 94.8 cm³/mol. The number of nitrogens with zero attached hydrogens (tertiary/aromatic N) is 5. The SMILES string of the molecule is CN(C)c1ncccc1O[C@H]1CCN(C(=O)NCCn2cccn2)C1. The molecule has 0 unspecified atom stereocenters. The lowest BCUT2D eigenvalue weighted by atomic mass is 10.3. The molecule has 0 aromatic carbocycles. The first-order chi connectivity index (χ1) is 12.1. The topological polar surface area (TPSA) is 75.5 Å². The number of hydrogen-bond donors (Lipinski definition) is 1. The fourth-order valence-electron chi connectivity index (χ4n) is 2.82. The smallest absolute Gasteiger partial charge is 0.317 e. The van der Waals surface area contributed by atoms with E-state index in [-0.39, 0.29) is 12.1 Å². The summed E-state index contributed by atoms with van der Waals surface area (Å²) in [6.07, 6.45) is 6.15. The maximum absolute atomic E-state index is 12.3. The van der Waals surface area contributed by atoms with Gasteiger partial charge >= 0.3 is 6.03 Å². The Morgan fingerprint density at radius 1 is 1.40 bits per heavy atom.